The van der Waals surface area contributed by atoms with E-state index >= 15 is 0 Å². The maximum atomic E-state index is 7.00. The third-order valence-corrected chi connectivity index (χ3v) is 0.966. The van der Waals surface area contributed by atoms with Crippen molar-refractivity contribution in [1.82, 2.24) is 0 Å². The summed E-state index contributed by atoms with van der Waals surface area (Å²) in [5.41, 5.74) is 0. The minimum absolute atomic E-state index is 1.00. The summed E-state index contributed by atoms with van der Waals surface area (Å²) in [5, 5.41) is 15.3. The van der Waals surface area contributed by atoms with E-state index < -0.39 is 0 Å². The van der Waals surface area contributed by atoms with Gasteiger partial charge in [0.15, 0.2) is 0 Å². The van der Waals surface area contributed by atoms with Crippen LogP contribution in [0, 0.1) is 0 Å². The van der Waals surface area contributed by atoms with Gasteiger partial charge in [-0.05, 0) is 0 Å². The Morgan fingerprint density at radius 3 is 1.44 bits per heavy atom. The summed E-state index contributed by atoms with van der Waals surface area (Å²) in [7, 11) is 2.00. The van der Waals surface area contributed by atoms with Crippen LogP contribution in [0.5, 0.6) is 0 Å². The van der Waals surface area contributed by atoms with Crippen LogP contribution in [0.2, 0.25) is 5.28 Å². The summed E-state index contributed by atoms with van der Waals surface area (Å²) in [6, 6.07) is 0. The van der Waals surface area contributed by atoms with E-state index in [1.165, 1.54) is 18.1 Å². The topological polar surface area (TPSA) is 40.5 Å². The largest absolute Gasteiger partial charge is 0.400 e. The van der Waals surface area contributed by atoms with E-state index in [9.17, 15) is 0 Å². The zero-order chi connectivity index (χ0) is 8.12. The fourth-order valence-corrected chi connectivity index (χ4v) is 0.612. The zero-order valence-electron chi connectivity index (χ0n) is 6.59. The van der Waals surface area contributed by atoms with Crippen molar-refractivity contribution >= 4 is 16.3 Å². The molecule has 0 aliphatic carbocycles. The first kappa shape index (κ1) is 16.2. The minimum atomic E-state index is 1.00. The Bertz CT molecular complexity index is 18.5. The lowest BCUT2D eigenvalue weighted by molar-refractivity contribution is 0.399. The molecule has 0 aliphatic heterocycles. The number of aliphatic hydroxyl groups excluding tert-OH is 2. The van der Waals surface area contributed by atoms with Crippen LogP contribution in [0.15, 0.2) is 0 Å². The van der Waals surface area contributed by atoms with Crippen LogP contribution in [0.3, 0.4) is 0 Å². The molecule has 56 valence electrons. The molecule has 0 unspecified atom stereocenters. The molecule has 0 aromatic carbocycles. The lowest BCUT2D eigenvalue weighted by Gasteiger charge is -1.79. The van der Waals surface area contributed by atoms with E-state index in [0.29, 0.717) is 0 Å². The quantitative estimate of drug-likeness (QED) is 0.563. The average Bonchev–Trinajstić information content (AvgIpc) is 1.98. The third-order valence-electron chi connectivity index (χ3n) is 0.558. The molecule has 2 N–H and O–H groups in total. The van der Waals surface area contributed by atoms with Gasteiger partial charge < -0.3 is 10.2 Å². The fourth-order valence-electron chi connectivity index (χ4n) is 0.204. The van der Waals surface area contributed by atoms with Gasteiger partial charge in [0.25, 0.3) is 0 Å². The highest BCUT2D eigenvalue weighted by Crippen LogP contribution is 1.86. The van der Waals surface area contributed by atoms with Crippen molar-refractivity contribution in [1.29, 1.82) is 0 Å². The van der Waals surface area contributed by atoms with Gasteiger partial charge in [-0.15, -0.1) is 5.28 Å². The molecule has 0 rings (SSSR count). The third kappa shape index (κ3) is 58.5. The van der Waals surface area contributed by atoms with Gasteiger partial charge in [0.1, 0.15) is 16.3 Å². The standard InChI is InChI=1S/C4H9.2CH4O.Al/c1-3-4-2;2*1-2;/h1,3-4H2,2H3;2*2H,1H3;. The first-order valence-corrected chi connectivity index (χ1v) is 3.83. The van der Waals surface area contributed by atoms with Crippen molar-refractivity contribution in [2.75, 3.05) is 14.2 Å². The van der Waals surface area contributed by atoms with Gasteiger partial charge in [-0.25, -0.2) is 0 Å². The predicted molar refractivity (Wildman–Crippen MR) is 41.8 cm³/mol. The molecule has 0 bridgehead atoms. The molecule has 0 aromatic rings. The normalized spacial score (nSPS) is 5.89. The minimum Gasteiger partial charge on any atom is -0.400 e. The fraction of sp³-hybridized carbons (Fsp3) is 1.00. The number of rotatable bonds is 2. The zero-order valence-corrected chi connectivity index (χ0v) is 7.75. The van der Waals surface area contributed by atoms with Crippen molar-refractivity contribution in [2.45, 2.75) is 25.0 Å². The lowest BCUT2D eigenvalue weighted by Crippen LogP contribution is -1.63. The van der Waals surface area contributed by atoms with Gasteiger partial charge in [-0.1, -0.05) is 19.8 Å². The molecule has 0 spiro atoms. The molecule has 0 aliphatic rings. The van der Waals surface area contributed by atoms with Gasteiger partial charge >= 0.3 is 0 Å². The van der Waals surface area contributed by atoms with Crippen molar-refractivity contribution in [3.63, 3.8) is 0 Å². The Labute approximate surface area is 66.3 Å². The van der Waals surface area contributed by atoms with E-state index in [2.05, 4.69) is 23.2 Å². The average molecular weight is 148 g/mol. The van der Waals surface area contributed by atoms with E-state index in [1.54, 1.807) is 0 Å². The molecule has 0 fully saturated rings. The highest BCUT2D eigenvalue weighted by atomic mass is 27.0. The number of aliphatic hydroxyl groups is 2. The first-order valence-electron chi connectivity index (χ1n) is 3.01. The van der Waals surface area contributed by atoms with Crippen molar-refractivity contribution in [3.05, 3.63) is 0 Å². The Hall–Kier alpha value is 0.452. The lowest BCUT2D eigenvalue weighted by atomic mass is 10.4. The second-order valence-corrected chi connectivity index (χ2v) is 1.72. The Kier molecular flexibility index (Phi) is 71.0. The van der Waals surface area contributed by atoms with Crippen LogP contribution in [-0.2, 0) is 0 Å². The summed E-state index contributed by atoms with van der Waals surface area (Å²) >= 11 is 2.70. The first-order chi connectivity index (χ1) is 4.41. The molecule has 2 radical (unpaired) electrons. The Morgan fingerprint density at radius 1 is 1.11 bits per heavy atom. The Balaban J connectivity index is -0.0000000771. The number of hydrogen-bond acceptors (Lipinski definition) is 2. The molecule has 0 amide bonds. The van der Waals surface area contributed by atoms with E-state index in [-0.39, 0.29) is 0 Å². The summed E-state index contributed by atoms with van der Waals surface area (Å²) in [5.74, 6) is 0. The van der Waals surface area contributed by atoms with Crippen LogP contribution in [-0.4, -0.2) is 40.7 Å². The number of hydrogen-bond donors (Lipinski definition) is 2. The van der Waals surface area contributed by atoms with Gasteiger partial charge in [-0.2, -0.15) is 0 Å². The second kappa shape index (κ2) is 39.4. The van der Waals surface area contributed by atoms with Crippen LogP contribution in [0.4, 0.5) is 0 Å². The smallest absolute Gasteiger partial charge is 0.118 e. The Morgan fingerprint density at radius 2 is 1.44 bits per heavy atom. The summed E-state index contributed by atoms with van der Waals surface area (Å²) in [6.45, 7) is 2.20. The highest BCUT2D eigenvalue weighted by Gasteiger charge is 1.67. The maximum Gasteiger partial charge on any atom is 0.118 e. The molecular formula is C6H17AlO2. The van der Waals surface area contributed by atoms with Crippen LogP contribution >= 0.6 is 0 Å². The maximum absolute atomic E-state index is 7.00. The number of unbranched alkanes of at least 4 members (excludes halogenated alkanes) is 1. The second-order valence-electron chi connectivity index (χ2n) is 1.14. The molecule has 0 heterocycles. The summed E-state index contributed by atoms with van der Waals surface area (Å²) in [6.07, 6.45) is 2.67. The van der Waals surface area contributed by atoms with Gasteiger partial charge in [0.2, 0.25) is 0 Å². The van der Waals surface area contributed by atoms with Crippen molar-refractivity contribution in [2.24, 2.45) is 0 Å². The monoisotopic (exact) mass is 148 g/mol. The van der Waals surface area contributed by atoms with E-state index in [0.717, 1.165) is 14.2 Å². The van der Waals surface area contributed by atoms with Crippen LogP contribution in [0.25, 0.3) is 0 Å². The van der Waals surface area contributed by atoms with Crippen LogP contribution in [0.1, 0.15) is 19.8 Å². The summed E-state index contributed by atoms with van der Waals surface area (Å²) in [4.78, 5) is 0. The van der Waals surface area contributed by atoms with E-state index in [4.69, 9.17) is 10.2 Å². The molecule has 0 atom stereocenters. The SMILES string of the molecule is CCC[CH2][Al].CO.CO. The molecular weight excluding hydrogens is 131 g/mol. The molecule has 0 saturated heterocycles. The molecule has 0 aromatic heterocycles. The molecule has 3 heteroatoms. The van der Waals surface area contributed by atoms with Crippen molar-refractivity contribution in [3.8, 4) is 0 Å². The summed E-state index contributed by atoms with van der Waals surface area (Å²) < 4.78 is 0. The van der Waals surface area contributed by atoms with Gasteiger partial charge in [-0.3, -0.25) is 0 Å². The molecule has 9 heavy (non-hydrogen) atoms. The molecule has 0 saturated carbocycles. The van der Waals surface area contributed by atoms with Crippen LogP contribution < -0.4 is 0 Å². The van der Waals surface area contributed by atoms with Crippen molar-refractivity contribution < 1.29 is 10.2 Å². The predicted octanol–water partition coefficient (Wildman–Crippen LogP) is 0.590. The van der Waals surface area contributed by atoms with E-state index in [1.807, 2.05) is 0 Å². The molecule has 2 nitrogen and oxygen atoms in total. The van der Waals surface area contributed by atoms with Gasteiger partial charge in [0.05, 0.1) is 0 Å². The van der Waals surface area contributed by atoms with Gasteiger partial charge in [0, 0.05) is 14.2 Å². The highest BCUT2D eigenvalue weighted by molar-refractivity contribution is 6.08.